The maximum absolute atomic E-state index is 12.5. The monoisotopic (exact) mass is 743 g/mol. The smallest absolute Gasteiger partial charge is 0.327 e. The molecule has 4 heterocycles. The van der Waals surface area contributed by atoms with E-state index in [2.05, 4.69) is 10.6 Å². The van der Waals surface area contributed by atoms with Gasteiger partial charge in [-0.3, -0.25) is 24.0 Å². The lowest BCUT2D eigenvalue weighted by molar-refractivity contribution is -0.161. The molecular weight excluding hydrogens is 707 g/mol. The zero-order chi connectivity index (χ0) is 37.7. The molecule has 16 nitrogen and oxygen atoms in total. The second-order valence-electron chi connectivity index (χ2n) is 13.4. The Morgan fingerprint density at radius 1 is 0.706 bits per heavy atom. The minimum absolute atomic E-state index is 0.0606. The van der Waals surface area contributed by atoms with Crippen molar-refractivity contribution in [2.75, 3.05) is 0 Å². The molecule has 18 heteroatoms. The van der Waals surface area contributed by atoms with Gasteiger partial charge >= 0.3 is 17.9 Å². The van der Waals surface area contributed by atoms with Crippen LogP contribution in [-0.2, 0) is 33.6 Å². The molecule has 6 rings (SSSR count). The molecule has 0 aliphatic carbocycles. The minimum Gasteiger partial charge on any atom is -0.508 e. The molecule has 4 aliphatic heterocycles. The Labute approximate surface area is 300 Å². The average molecular weight is 744 g/mol. The second-order valence-corrected chi connectivity index (χ2v) is 17.0. The van der Waals surface area contributed by atoms with Crippen molar-refractivity contribution in [1.29, 1.82) is 0 Å². The van der Waals surface area contributed by atoms with Crippen molar-refractivity contribution in [1.82, 2.24) is 20.4 Å². The van der Waals surface area contributed by atoms with Crippen molar-refractivity contribution in [3.63, 3.8) is 0 Å². The number of carbonyl (C=O) groups is 7. The number of hydrogen-bond acceptors (Lipinski definition) is 11. The molecule has 8 N–H and O–H groups in total. The van der Waals surface area contributed by atoms with E-state index in [4.69, 9.17) is 5.73 Å². The fourth-order valence-electron chi connectivity index (χ4n) is 6.66. The second kappa shape index (κ2) is 13.7. The number of carbonyl (C=O) groups excluding carboxylic acids is 4. The van der Waals surface area contributed by atoms with Gasteiger partial charge in [0.2, 0.25) is 23.6 Å². The van der Waals surface area contributed by atoms with Gasteiger partial charge in [0.15, 0.2) is 5.92 Å². The number of β-lactam (4-membered cyclic amide) rings is 2. The van der Waals surface area contributed by atoms with Crippen molar-refractivity contribution in [2.45, 2.75) is 84.1 Å². The summed E-state index contributed by atoms with van der Waals surface area (Å²) >= 11 is 2.64. The van der Waals surface area contributed by atoms with Gasteiger partial charge in [-0.2, -0.15) is 0 Å². The quantitative estimate of drug-likeness (QED) is 0.137. The minimum atomic E-state index is -1.44. The molecular formula is C33H37N5O11S2. The number of nitrogens with one attached hydrogen (secondary N) is 2. The zero-order valence-corrected chi connectivity index (χ0v) is 29.4. The number of thioether (sulfide) groups is 2. The Bertz CT molecular complexity index is 1770. The van der Waals surface area contributed by atoms with E-state index in [1.165, 1.54) is 69.7 Å². The number of phenolic OH excluding ortho intramolecular Hbond substituents is 1. The molecule has 4 amide bonds. The van der Waals surface area contributed by atoms with Crippen LogP contribution in [0.2, 0.25) is 0 Å². The number of carboxylic acids is 3. The van der Waals surface area contributed by atoms with Crippen molar-refractivity contribution >= 4 is 65.1 Å². The van der Waals surface area contributed by atoms with Crippen LogP contribution in [0.5, 0.6) is 5.75 Å². The number of carboxylic acid groups (broad SMARTS) is 3. The van der Waals surface area contributed by atoms with E-state index in [0.717, 1.165) is 0 Å². The molecule has 0 bridgehead atoms. The molecule has 1 unspecified atom stereocenters. The summed E-state index contributed by atoms with van der Waals surface area (Å²) in [4.78, 5) is 86.7. The van der Waals surface area contributed by atoms with E-state index in [9.17, 15) is 54.0 Å². The Balaban J connectivity index is 0.000000198. The largest absolute Gasteiger partial charge is 0.508 e. The molecule has 4 aliphatic rings. The highest BCUT2D eigenvalue weighted by atomic mass is 32.2. The fraction of sp³-hybridized carbons (Fsp3) is 0.424. The third-order valence-electron chi connectivity index (χ3n) is 9.12. The number of nitrogens with zero attached hydrogens (tertiary/aromatic N) is 2. The maximum Gasteiger partial charge on any atom is 0.327 e. The average Bonchev–Trinajstić information content (AvgIpc) is 3.47. The number of rotatable bonds is 9. The van der Waals surface area contributed by atoms with Crippen molar-refractivity contribution in [3.05, 3.63) is 65.7 Å². The maximum atomic E-state index is 12.5. The number of phenols is 1. The molecule has 0 radical (unpaired) electrons. The van der Waals surface area contributed by atoms with Crippen LogP contribution < -0.4 is 16.4 Å². The fourth-order valence-corrected chi connectivity index (χ4v) is 9.91. The summed E-state index contributed by atoms with van der Waals surface area (Å²) in [5, 5.41) is 41.6. The first-order chi connectivity index (χ1) is 23.8. The standard InChI is InChI=1S/C17H18N2O6S.C16H19N3O5S/c1-17(2)11(16(24)25)19-13(21)10(14(19)26-17)18-12(20)9(15(22)23)8-6-4-3-5-7-8;1-16(2)11(15(23)24)19-13(22)10(14(19)25-16)18-12(21)9(17)7-3-5-8(20)6-4-7/h3-7,9-11,14H,1-2H3,(H,18,20)(H,22,23)(H,24,25);3-6,9-11,14,20H,17H2,1-2H3,(H,18,21)(H,23,24)/t9?,10-,11+,14-;9-,10-,11+,14-/m11/s1. The van der Waals surface area contributed by atoms with Gasteiger partial charge in [0.25, 0.3) is 0 Å². The highest BCUT2D eigenvalue weighted by molar-refractivity contribution is 8.02. The SMILES string of the molecule is CC1(C)S[C@@H]2[C@H](NC(=O)C(C(=O)O)c3ccccc3)C(=O)N2[C@H]1C(=O)O.CC1(C)S[C@@H]2[C@H](NC(=O)[C@H](N)c3ccc(O)cc3)C(=O)N2[C@H]1C(=O)O. The van der Waals surface area contributed by atoms with Crippen LogP contribution in [0, 0.1) is 0 Å². The van der Waals surface area contributed by atoms with E-state index in [1.807, 2.05) is 0 Å². The van der Waals surface area contributed by atoms with Gasteiger partial charge in [-0.15, -0.1) is 23.5 Å². The van der Waals surface area contributed by atoms with Crippen molar-refractivity contribution in [2.24, 2.45) is 5.73 Å². The van der Waals surface area contributed by atoms with E-state index < -0.39 is 97.9 Å². The normalized spacial score (nSPS) is 27.6. The third-order valence-corrected chi connectivity index (χ3v) is 12.3. The number of fused-ring (bicyclic) bond motifs is 2. The van der Waals surface area contributed by atoms with Gasteiger partial charge in [0, 0.05) is 9.49 Å². The van der Waals surface area contributed by atoms with Crippen LogP contribution in [-0.4, -0.2) is 116 Å². The summed E-state index contributed by atoms with van der Waals surface area (Å²) in [5.74, 6) is -7.10. The van der Waals surface area contributed by atoms with Crippen LogP contribution in [0.4, 0.5) is 0 Å². The Kier molecular flexibility index (Phi) is 10.1. The summed E-state index contributed by atoms with van der Waals surface area (Å²) in [6.07, 6.45) is 0. The first kappa shape index (κ1) is 37.4. The summed E-state index contributed by atoms with van der Waals surface area (Å²) in [6, 6.07) is 9.31. The Morgan fingerprint density at radius 3 is 1.55 bits per heavy atom. The summed E-state index contributed by atoms with van der Waals surface area (Å²) in [6.45, 7) is 6.99. The van der Waals surface area contributed by atoms with E-state index in [1.54, 1.807) is 45.9 Å². The van der Waals surface area contributed by atoms with E-state index >= 15 is 0 Å². The van der Waals surface area contributed by atoms with E-state index in [0.29, 0.717) is 11.1 Å². The van der Waals surface area contributed by atoms with Crippen LogP contribution in [0.1, 0.15) is 50.8 Å². The van der Waals surface area contributed by atoms with Crippen LogP contribution in [0.15, 0.2) is 54.6 Å². The molecule has 4 saturated heterocycles. The van der Waals surface area contributed by atoms with E-state index in [-0.39, 0.29) is 5.75 Å². The Hall–Kier alpha value is -4.81. The predicted octanol–water partition coefficient (Wildman–Crippen LogP) is 0.510. The molecule has 0 spiro atoms. The zero-order valence-electron chi connectivity index (χ0n) is 27.7. The first-order valence-electron chi connectivity index (χ1n) is 15.7. The summed E-state index contributed by atoms with van der Waals surface area (Å²) in [7, 11) is 0. The number of benzene rings is 2. The highest BCUT2D eigenvalue weighted by Gasteiger charge is 2.65. The van der Waals surface area contributed by atoms with Crippen LogP contribution in [0.3, 0.4) is 0 Å². The molecule has 0 aromatic heterocycles. The number of aliphatic carboxylic acids is 3. The molecule has 2 aromatic carbocycles. The third kappa shape index (κ3) is 6.82. The van der Waals surface area contributed by atoms with Crippen LogP contribution in [0.25, 0.3) is 0 Å². The molecule has 51 heavy (non-hydrogen) atoms. The van der Waals surface area contributed by atoms with Gasteiger partial charge in [-0.05, 0) is 51.0 Å². The Morgan fingerprint density at radius 2 is 1.14 bits per heavy atom. The number of hydrogen-bond donors (Lipinski definition) is 7. The molecule has 8 atom stereocenters. The van der Waals surface area contributed by atoms with Gasteiger partial charge in [-0.25, -0.2) is 9.59 Å². The van der Waals surface area contributed by atoms with Gasteiger partial charge in [0.05, 0.1) is 0 Å². The van der Waals surface area contributed by atoms with Gasteiger partial charge in [0.1, 0.15) is 46.7 Å². The molecule has 4 fully saturated rings. The lowest BCUT2D eigenvalue weighted by Gasteiger charge is -2.43. The number of aromatic hydroxyl groups is 1. The summed E-state index contributed by atoms with van der Waals surface area (Å²) in [5.41, 5.74) is 6.72. The highest BCUT2D eigenvalue weighted by Crippen LogP contribution is 2.52. The summed E-state index contributed by atoms with van der Waals surface area (Å²) < 4.78 is -1.36. The topological polar surface area (TPSA) is 257 Å². The lowest BCUT2D eigenvalue weighted by atomic mass is 9.94. The van der Waals surface area contributed by atoms with Gasteiger partial charge < -0.3 is 46.6 Å². The molecule has 2 aromatic rings. The lowest BCUT2D eigenvalue weighted by Crippen LogP contribution is -2.71. The van der Waals surface area contributed by atoms with Crippen molar-refractivity contribution in [3.8, 4) is 5.75 Å². The van der Waals surface area contributed by atoms with Crippen molar-refractivity contribution < 1.29 is 54.0 Å². The molecule has 272 valence electrons. The first-order valence-corrected chi connectivity index (χ1v) is 17.4. The molecule has 0 saturated carbocycles. The number of amides is 4. The van der Waals surface area contributed by atoms with Gasteiger partial charge in [-0.1, -0.05) is 42.5 Å². The van der Waals surface area contributed by atoms with Crippen LogP contribution >= 0.6 is 23.5 Å². The number of nitrogens with two attached hydrogens (primary N) is 1. The predicted molar refractivity (Wildman–Crippen MR) is 183 cm³/mol.